The van der Waals surface area contributed by atoms with E-state index < -0.39 is 26.9 Å². The second-order valence-corrected chi connectivity index (χ2v) is 10.8. The first-order valence-electron chi connectivity index (χ1n) is 11.9. The lowest BCUT2D eigenvalue weighted by atomic mass is 10.1. The summed E-state index contributed by atoms with van der Waals surface area (Å²) in [5, 5.41) is 16.5. The largest absolute Gasteiger partial charge is 0.373 e. The Morgan fingerprint density at radius 2 is 1.64 bits per heavy atom. The number of hydrogen-bond donors (Lipinski definition) is 5. The quantitative estimate of drug-likeness (QED) is 0.175. The van der Waals surface area contributed by atoms with Gasteiger partial charge < -0.3 is 16.0 Å². The minimum atomic E-state index is -3.45. The molecular formula is C27H24N6O5S. The van der Waals surface area contributed by atoms with E-state index in [0.717, 1.165) is 6.26 Å². The Morgan fingerprint density at radius 1 is 0.897 bits per heavy atom. The first kappa shape index (κ1) is 25.7. The number of hydrogen-bond acceptors (Lipinski definition) is 8. The van der Waals surface area contributed by atoms with Crippen molar-refractivity contribution in [1.29, 1.82) is 0 Å². The van der Waals surface area contributed by atoms with Crippen molar-refractivity contribution in [1.82, 2.24) is 10.2 Å². The van der Waals surface area contributed by atoms with Crippen LogP contribution < -0.4 is 31.5 Å². The van der Waals surface area contributed by atoms with Gasteiger partial charge in [-0.25, -0.2) is 8.42 Å². The third-order valence-electron chi connectivity index (χ3n) is 6.06. The summed E-state index contributed by atoms with van der Waals surface area (Å²) in [5.41, 5.74) is 1.67. The number of nitrogens with zero attached hydrogens (tertiary/aromatic N) is 1. The molecule has 0 fully saturated rings. The zero-order valence-electron chi connectivity index (χ0n) is 20.9. The molecule has 0 radical (unpaired) electrons. The number of aromatic amines is 1. The average molecular weight is 545 g/mol. The van der Waals surface area contributed by atoms with Crippen molar-refractivity contribution >= 4 is 55.4 Å². The van der Waals surface area contributed by atoms with Crippen LogP contribution in [-0.4, -0.2) is 30.8 Å². The standard InChI is InChI=1S/C27H24N6O5S/c1-15(17-9-6-10-19(13-17)33-39(2,37)38)28-22-23(25(35)24(22)34)29-18-11-12-21-20(14-18)26(32-31-21)30-27(36)16-7-4-3-5-8-16/h3-15,28-29,33H,1-2H3,(H2,30,31,32,36)/t15-/m1/s1. The minimum Gasteiger partial charge on any atom is -0.373 e. The fourth-order valence-corrected chi connectivity index (χ4v) is 4.69. The highest BCUT2D eigenvalue weighted by Gasteiger charge is 2.23. The Labute approximate surface area is 223 Å². The van der Waals surface area contributed by atoms with E-state index in [9.17, 15) is 22.8 Å². The number of aromatic nitrogens is 2. The van der Waals surface area contributed by atoms with E-state index in [1.807, 2.05) is 6.07 Å². The maximum absolute atomic E-state index is 12.6. The maximum atomic E-state index is 12.6. The van der Waals surface area contributed by atoms with E-state index in [2.05, 4.69) is 30.9 Å². The zero-order chi connectivity index (χ0) is 27.7. The molecule has 4 aromatic carbocycles. The molecule has 0 bridgehead atoms. The van der Waals surface area contributed by atoms with Gasteiger partial charge in [0.2, 0.25) is 10.0 Å². The van der Waals surface area contributed by atoms with Gasteiger partial charge >= 0.3 is 0 Å². The Hall–Kier alpha value is -4.97. The van der Waals surface area contributed by atoms with Crippen LogP contribution >= 0.6 is 0 Å². The molecule has 0 aliphatic rings. The molecule has 11 nitrogen and oxygen atoms in total. The van der Waals surface area contributed by atoms with E-state index in [1.54, 1.807) is 73.7 Å². The predicted molar refractivity (Wildman–Crippen MR) is 152 cm³/mol. The lowest BCUT2D eigenvalue weighted by Crippen LogP contribution is -2.37. The summed E-state index contributed by atoms with van der Waals surface area (Å²) in [4.78, 5) is 37.4. The highest BCUT2D eigenvalue weighted by Crippen LogP contribution is 2.29. The number of nitrogens with one attached hydrogen (secondary N) is 5. The molecule has 1 heterocycles. The third kappa shape index (κ3) is 5.50. The van der Waals surface area contributed by atoms with Gasteiger partial charge in [0, 0.05) is 28.4 Å². The van der Waals surface area contributed by atoms with Gasteiger partial charge in [-0.3, -0.25) is 24.2 Å². The molecule has 0 aliphatic heterocycles. The van der Waals surface area contributed by atoms with Gasteiger partial charge in [-0.05, 0) is 55.0 Å². The number of sulfonamides is 1. The minimum absolute atomic E-state index is 0.106. The van der Waals surface area contributed by atoms with Crippen LogP contribution in [0.1, 0.15) is 28.9 Å². The molecule has 0 saturated heterocycles. The molecule has 198 valence electrons. The van der Waals surface area contributed by atoms with E-state index in [0.29, 0.717) is 39.2 Å². The second-order valence-electron chi connectivity index (χ2n) is 9.05. The first-order valence-corrected chi connectivity index (χ1v) is 13.8. The fourth-order valence-electron chi connectivity index (χ4n) is 4.13. The molecule has 5 N–H and O–H groups in total. The summed E-state index contributed by atoms with van der Waals surface area (Å²) in [6.45, 7) is 1.79. The maximum Gasteiger partial charge on any atom is 0.256 e. The van der Waals surface area contributed by atoms with E-state index in [1.165, 1.54) is 0 Å². The summed E-state index contributed by atoms with van der Waals surface area (Å²) in [6, 6.07) is 20.2. The Kier molecular flexibility index (Phi) is 6.62. The topological polar surface area (TPSA) is 162 Å². The monoisotopic (exact) mass is 544 g/mol. The molecule has 0 spiro atoms. The molecule has 0 aliphatic carbocycles. The number of carbonyl (C=O) groups is 1. The first-order chi connectivity index (χ1) is 18.6. The number of carbonyl (C=O) groups excluding carboxylic acids is 1. The van der Waals surface area contributed by atoms with Crippen molar-refractivity contribution in [2.75, 3.05) is 26.9 Å². The average Bonchev–Trinajstić information content (AvgIpc) is 3.31. The van der Waals surface area contributed by atoms with Crippen molar-refractivity contribution in [3.05, 3.63) is 104 Å². The van der Waals surface area contributed by atoms with Crippen molar-refractivity contribution < 1.29 is 13.2 Å². The normalized spacial score (nSPS) is 12.3. The summed E-state index contributed by atoms with van der Waals surface area (Å²) in [5.74, 6) is 0.00293. The van der Waals surface area contributed by atoms with Gasteiger partial charge in [0.25, 0.3) is 16.8 Å². The molecule has 1 aromatic heterocycles. The highest BCUT2D eigenvalue weighted by molar-refractivity contribution is 7.92. The third-order valence-corrected chi connectivity index (χ3v) is 6.67. The van der Waals surface area contributed by atoms with Gasteiger partial charge in [0.1, 0.15) is 11.4 Å². The van der Waals surface area contributed by atoms with Gasteiger partial charge in [-0.15, -0.1) is 0 Å². The van der Waals surface area contributed by atoms with Gasteiger partial charge in [-0.2, -0.15) is 5.10 Å². The molecule has 1 atom stereocenters. The van der Waals surface area contributed by atoms with Crippen LogP contribution in [0, 0.1) is 0 Å². The van der Waals surface area contributed by atoms with Crippen LogP contribution in [0.2, 0.25) is 0 Å². The number of amides is 1. The van der Waals surface area contributed by atoms with Crippen LogP contribution in [0.15, 0.2) is 82.4 Å². The van der Waals surface area contributed by atoms with Gasteiger partial charge in [0.05, 0.1) is 11.8 Å². The van der Waals surface area contributed by atoms with Crippen LogP contribution in [0.25, 0.3) is 10.9 Å². The molecule has 5 rings (SSSR count). The number of H-pyrrole nitrogens is 1. The molecular weight excluding hydrogens is 520 g/mol. The number of rotatable bonds is 9. The lowest BCUT2D eigenvalue weighted by molar-refractivity contribution is 0.102. The van der Waals surface area contributed by atoms with Gasteiger partial charge in [-0.1, -0.05) is 30.3 Å². The van der Waals surface area contributed by atoms with Crippen LogP contribution in [-0.2, 0) is 10.0 Å². The fraction of sp³-hybridized carbons (Fsp3) is 0.111. The summed E-state index contributed by atoms with van der Waals surface area (Å²) in [7, 11) is -3.45. The van der Waals surface area contributed by atoms with Crippen molar-refractivity contribution in [3.8, 4) is 0 Å². The van der Waals surface area contributed by atoms with Crippen molar-refractivity contribution in [2.24, 2.45) is 0 Å². The van der Waals surface area contributed by atoms with Crippen LogP contribution in [0.3, 0.4) is 0 Å². The molecule has 12 heteroatoms. The van der Waals surface area contributed by atoms with Crippen LogP contribution in [0.5, 0.6) is 0 Å². The molecule has 1 amide bonds. The number of fused-ring (bicyclic) bond motifs is 1. The number of benzene rings is 3. The molecule has 39 heavy (non-hydrogen) atoms. The smallest absolute Gasteiger partial charge is 0.256 e. The predicted octanol–water partition coefficient (Wildman–Crippen LogP) is 3.70. The lowest BCUT2D eigenvalue weighted by Gasteiger charge is -2.20. The highest BCUT2D eigenvalue weighted by atomic mass is 32.2. The zero-order valence-corrected chi connectivity index (χ0v) is 21.7. The summed E-state index contributed by atoms with van der Waals surface area (Å²) >= 11 is 0. The Morgan fingerprint density at radius 3 is 2.38 bits per heavy atom. The summed E-state index contributed by atoms with van der Waals surface area (Å²) < 4.78 is 25.5. The van der Waals surface area contributed by atoms with Gasteiger partial charge in [0.15, 0.2) is 5.82 Å². The van der Waals surface area contributed by atoms with Crippen LogP contribution in [0.4, 0.5) is 28.6 Å². The SMILES string of the molecule is C[C@@H](Nc1c(Nc2ccc3[nH]nc(NC(=O)c4ccccc4)c3c2)c(=O)c1=O)c1cccc(NS(C)(=O)=O)c1. The Balaban J connectivity index is 1.35. The number of anilines is 5. The molecule has 0 saturated carbocycles. The molecule has 0 unspecified atom stereocenters. The van der Waals surface area contributed by atoms with Crippen molar-refractivity contribution in [3.63, 3.8) is 0 Å². The molecule has 5 aromatic rings. The van der Waals surface area contributed by atoms with E-state index >= 15 is 0 Å². The van der Waals surface area contributed by atoms with Crippen molar-refractivity contribution in [2.45, 2.75) is 13.0 Å². The van der Waals surface area contributed by atoms with E-state index in [4.69, 9.17) is 0 Å². The van der Waals surface area contributed by atoms with E-state index in [-0.39, 0.29) is 17.3 Å². The Bertz CT molecular complexity index is 1870. The summed E-state index contributed by atoms with van der Waals surface area (Å²) in [6.07, 6.45) is 1.06. The second kappa shape index (κ2) is 10.1.